The Hall–Kier alpha value is -2.42. The first-order valence-corrected chi connectivity index (χ1v) is 7.65. The fourth-order valence-corrected chi connectivity index (χ4v) is 3.15. The number of benzene rings is 2. The molecule has 1 heterocycles. The van der Waals surface area contributed by atoms with Crippen LogP contribution in [0, 0.1) is 0 Å². The van der Waals surface area contributed by atoms with Crippen LogP contribution in [0.4, 0.5) is 5.69 Å². The Labute approximate surface area is 130 Å². The van der Waals surface area contributed by atoms with Crippen molar-refractivity contribution < 1.29 is 9.53 Å². The second-order valence-electron chi connectivity index (χ2n) is 5.32. The summed E-state index contributed by atoms with van der Waals surface area (Å²) >= 11 is 0. The lowest BCUT2D eigenvalue weighted by Crippen LogP contribution is -2.43. The van der Waals surface area contributed by atoms with E-state index in [0.29, 0.717) is 13.0 Å². The zero-order valence-electron chi connectivity index (χ0n) is 12.9. The third-order valence-electron chi connectivity index (χ3n) is 4.20. The van der Waals surface area contributed by atoms with Gasteiger partial charge in [0.15, 0.2) is 0 Å². The van der Waals surface area contributed by atoms with Crippen LogP contribution in [0.15, 0.2) is 59.6 Å². The minimum atomic E-state index is -0.812. The summed E-state index contributed by atoms with van der Waals surface area (Å²) in [5, 5.41) is 0. The normalized spacial score (nSPS) is 19.5. The van der Waals surface area contributed by atoms with Crippen LogP contribution < -0.4 is 0 Å². The van der Waals surface area contributed by atoms with Crippen LogP contribution in [-0.2, 0) is 14.9 Å². The minimum Gasteiger partial charge on any atom is -0.465 e. The van der Waals surface area contributed by atoms with E-state index in [4.69, 9.17) is 9.73 Å². The number of carbonyl (C=O) groups excluding carboxylic acids is 1. The van der Waals surface area contributed by atoms with Crippen molar-refractivity contribution in [2.24, 2.45) is 4.99 Å². The zero-order chi connectivity index (χ0) is 15.6. The number of hydrogen-bond donors (Lipinski definition) is 0. The van der Waals surface area contributed by atoms with Crippen molar-refractivity contribution >= 4 is 17.4 Å². The number of esters is 1. The van der Waals surface area contributed by atoms with Crippen molar-refractivity contribution in [3.63, 3.8) is 0 Å². The highest BCUT2D eigenvalue weighted by atomic mass is 16.5. The molecule has 0 bridgehead atoms. The molecule has 0 spiro atoms. The minimum absolute atomic E-state index is 0.218. The van der Waals surface area contributed by atoms with Crippen LogP contribution in [0.2, 0.25) is 0 Å². The second kappa shape index (κ2) is 5.76. The molecule has 2 aromatic carbocycles. The largest absolute Gasteiger partial charge is 0.465 e. The Kier molecular flexibility index (Phi) is 3.80. The lowest BCUT2D eigenvalue weighted by molar-refractivity contribution is -0.147. The Bertz CT molecular complexity index is 721. The van der Waals surface area contributed by atoms with Crippen molar-refractivity contribution in [2.75, 3.05) is 6.61 Å². The fraction of sp³-hybridized carbons (Fsp3) is 0.263. The van der Waals surface area contributed by atoms with Crippen molar-refractivity contribution in [1.82, 2.24) is 0 Å². The molecule has 0 saturated carbocycles. The molecule has 1 atom stereocenters. The molecule has 112 valence electrons. The number of para-hydroxylation sites is 1. The van der Waals surface area contributed by atoms with E-state index in [2.05, 4.69) is 0 Å². The number of rotatable bonds is 4. The molecule has 3 nitrogen and oxygen atoms in total. The predicted octanol–water partition coefficient (Wildman–Crippen LogP) is 4.03. The average molecular weight is 293 g/mol. The number of ether oxygens (including phenoxy) is 1. The lowest BCUT2D eigenvalue weighted by Gasteiger charge is -2.28. The van der Waals surface area contributed by atoms with E-state index in [1.165, 1.54) is 0 Å². The molecule has 1 aliphatic rings. The molecule has 0 N–H and O–H groups in total. The van der Waals surface area contributed by atoms with Gasteiger partial charge in [0.1, 0.15) is 5.41 Å². The smallest absolute Gasteiger partial charge is 0.322 e. The first-order chi connectivity index (χ1) is 10.7. The molecule has 22 heavy (non-hydrogen) atoms. The van der Waals surface area contributed by atoms with E-state index in [0.717, 1.165) is 22.5 Å². The molecule has 0 fully saturated rings. The van der Waals surface area contributed by atoms with Crippen LogP contribution in [0.3, 0.4) is 0 Å². The van der Waals surface area contributed by atoms with Gasteiger partial charge in [0.25, 0.3) is 0 Å². The third-order valence-corrected chi connectivity index (χ3v) is 4.20. The highest BCUT2D eigenvalue weighted by molar-refractivity contribution is 6.23. The van der Waals surface area contributed by atoms with Crippen molar-refractivity contribution in [1.29, 1.82) is 0 Å². The van der Waals surface area contributed by atoms with Crippen LogP contribution in [0.1, 0.15) is 31.4 Å². The summed E-state index contributed by atoms with van der Waals surface area (Å²) in [6.45, 7) is 4.21. The number of carbonyl (C=O) groups is 1. The van der Waals surface area contributed by atoms with E-state index in [-0.39, 0.29) is 5.97 Å². The van der Waals surface area contributed by atoms with Crippen molar-refractivity contribution in [3.8, 4) is 0 Å². The molecule has 0 aliphatic carbocycles. The summed E-state index contributed by atoms with van der Waals surface area (Å²) in [6, 6.07) is 17.7. The fourth-order valence-electron chi connectivity index (χ4n) is 3.15. The first-order valence-electron chi connectivity index (χ1n) is 7.65. The molecule has 2 aromatic rings. The predicted molar refractivity (Wildman–Crippen MR) is 87.7 cm³/mol. The maximum absolute atomic E-state index is 12.8. The summed E-state index contributed by atoms with van der Waals surface area (Å²) in [4.78, 5) is 17.6. The maximum atomic E-state index is 12.8. The van der Waals surface area contributed by atoms with E-state index in [1.54, 1.807) is 0 Å². The van der Waals surface area contributed by atoms with Gasteiger partial charge in [0.05, 0.1) is 18.0 Å². The van der Waals surface area contributed by atoms with Gasteiger partial charge in [-0.15, -0.1) is 0 Å². The molecule has 3 rings (SSSR count). The average Bonchev–Trinajstić information content (AvgIpc) is 2.91. The van der Waals surface area contributed by atoms with E-state index < -0.39 is 5.41 Å². The van der Waals surface area contributed by atoms with Crippen LogP contribution in [0.25, 0.3) is 0 Å². The molecule has 0 radical (unpaired) electrons. The van der Waals surface area contributed by atoms with Gasteiger partial charge in [-0.3, -0.25) is 9.79 Å². The molecular formula is C19H19NO2. The van der Waals surface area contributed by atoms with Crippen LogP contribution >= 0.6 is 0 Å². The second-order valence-corrected chi connectivity index (χ2v) is 5.32. The molecule has 1 unspecified atom stereocenters. The van der Waals surface area contributed by atoms with E-state index >= 15 is 0 Å². The lowest BCUT2D eigenvalue weighted by atomic mass is 9.73. The van der Waals surface area contributed by atoms with E-state index in [9.17, 15) is 4.79 Å². The molecule has 3 heteroatoms. The molecule has 0 aromatic heterocycles. The van der Waals surface area contributed by atoms with Gasteiger partial charge in [-0.1, -0.05) is 55.5 Å². The molecule has 1 aliphatic heterocycles. The standard InChI is InChI=1S/C19H19NO2/c1-3-19(18(21)22-4-2)15-12-8-9-13-16(15)20-17(19)14-10-6-5-7-11-14/h5-13H,3-4H2,1-2H3. The highest BCUT2D eigenvalue weighted by Crippen LogP contribution is 2.45. The summed E-state index contributed by atoms with van der Waals surface area (Å²) in [7, 11) is 0. The monoisotopic (exact) mass is 293 g/mol. The van der Waals surface area contributed by atoms with Gasteiger partial charge in [-0.05, 0) is 25.0 Å². The summed E-state index contributed by atoms with van der Waals surface area (Å²) < 4.78 is 5.41. The SMILES string of the molecule is CCOC(=O)C1(CC)C(c2ccccc2)=Nc2ccccc21. The van der Waals surface area contributed by atoms with Crippen molar-refractivity contribution in [2.45, 2.75) is 25.7 Å². The Morgan fingerprint density at radius 2 is 1.73 bits per heavy atom. The van der Waals surface area contributed by atoms with Gasteiger partial charge < -0.3 is 4.74 Å². The number of aliphatic imine (C=N–C) groups is 1. The summed E-state index contributed by atoms with van der Waals surface area (Å²) in [5.41, 5.74) is 2.74. The van der Waals surface area contributed by atoms with Gasteiger partial charge >= 0.3 is 5.97 Å². The summed E-state index contributed by atoms with van der Waals surface area (Å²) in [6.07, 6.45) is 0.622. The van der Waals surface area contributed by atoms with Crippen molar-refractivity contribution in [3.05, 3.63) is 65.7 Å². The van der Waals surface area contributed by atoms with Gasteiger partial charge in [-0.2, -0.15) is 0 Å². The maximum Gasteiger partial charge on any atom is 0.322 e. The van der Waals surface area contributed by atoms with Crippen LogP contribution in [0.5, 0.6) is 0 Å². The highest BCUT2D eigenvalue weighted by Gasteiger charge is 2.50. The van der Waals surface area contributed by atoms with Gasteiger partial charge in [0.2, 0.25) is 0 Å². The Morgan fingerprint density at radius 1 is 1.05 bits per heavy atom. The topological polar surface area (TPSA) is 38.7 Å². The number of nitrogens with zero attached hydrogens (tertiary/aromatic N) is 1. The van der Waals surface area contributed by atoms with Gasteiger partial charge in [0, 0.05) is 5.56 Å². The quantitative estimate of drug-likeness (QED) is 0.798. The third kappa shape index (κ3) is 2.05. The molecular weight excluding hydrogens is 274 g/mol. The zero-order valence-corrected chi connectivity index (χ0v) is 12.9. The van der Waals surface area contributed by atoms with Gasteiger partial charge in [-0.25, -0.2) is 0 Å². The summed E-state index contributed by atoms with van der Waals surface area (Å²) in [5.74, 6) is -0.218. The number of fused-ring (bicyclic) bond motifs is 1. The molecule has 0 amide bonds. The number of hydrogen-bond acceptors (Lipinski definition) is 3. The Morgan fingerprint density at radius 3 is 2.41 bits per heavy atom. The first kappa shape index (κ1) is 14.5. The Balaban J connectivity index is 2.22. The molecule has 0 saturated heterocycles. The van der Waals surface area contributed by atoms with E-state index in [1.807, 2.05) is 68.4 Å². The van der Waals surface area contributed by atoms with Crippen LogP contribution in [-0.4, -0.2) is 18.3 Å².